The average Bonchev–Trinajstić information content (AvgIpc) is 3.09. The highest BCUT2D eigenvalue weighted by atomic mass is 19.1. The van der Waals surface area contributed by atoms with Gasteiger partial charge in [0.25, 0.3) is 0 Å². The molecule has 2 amide bonds. The van der Waals surface area contributed by atoms with Crippen molar-refractivity contribution in [3.8, 4) is 0 Å². The predicted octanol–water partition coefficient (Wildman–Crippen LogP) is 1.83. The van der Waals surface area contributed by atoms with E-state index in [0.29, 0.717) is 25.3 Å². The summed E-state index contributed by atoms with van der Waals surface area (Å²) in [6, 6.07) is 11.3. The normalized spacial score (nSPS) is 18.0. The van der Waals surface area contributed by atoms with Crippen molar-refractivity contribution in [3.05, 3.63) is 60.0 Å². The molecule has 132 valence electrons. The highest BCUT2D eigenvalue weighted by Crippen LogP contribution is 2.20. The monoisotopic (exact) mass is 344 g/mol. The van der Waals surface area contributed by atoms with E-state index in [1.54, 1.807) is 12.3 Å². The molecule has 7 heteroatoms. The fourth-order valence-corrected chi connectivity index (χ4v) is 2.99. The summed E-state index contributed by atoms with van der Waals surface area (Å²) >= 11 is 0. The number of amides is 2. The minimum Gasteiger partial charge on any atom is -0.394 e. The van der Waals surface area contributed by atoms with Crippen LogP contribution >= 0.6 is 0 Å². The van der Waals surface area contributed by atoms with Crippen molar-refractivity contribution in [1.82, 2.24) is 15.6 Å². The summed E-state index contributed by atoms with van der Waals surface area (Å²) in [5, 5.41) is 15.2. The van der Waals surface area contributed by atoms with Gasteiger partial charge >= 0.3 is 6.03 Å². The fourth-order valence-electron chi connectivity index (χ4n) is 2.99. The van der Waals surface area contributed by atoms with E-state index in [-0.39, 0.29) is 24.5 Å². The second-order valence-corrected chi connectivity index (χ2v) is 6.00. The quantitative estimate of drug-likeness (QED) is 0.773. The minimum atomic E-state index is -0.466. The van der Waals surface area contributed by atoms with Crippen molar-refractivity contribution in [2.45, 2.75) is 18.5 Å². The Morgan fingerprint density at radius 1 is 1.32 bits per heavy atom. The van der Waals surface area contributed by atoms with Gasteiger partial charge in [-0.15, -0.1) is 0 Å². The number of anilines is 1. The zero-order valence-corrected chi connectivity index (χ0v) is 13.7. The van der Waals surface area contributed by atoms with Crippen molar-refractivity contribution in [3.63, 3.8) is 0 Å². The molecule has 0 radical (unpaired) electrons. The second-order valence-electron chi connectivity index (χ2n) is 6.00. The number of hydrogen-bond acceptors (Lipinski definition) is 4. The highest BCUT2D eigenvalue weighted by Gasteiger charge is 2.27. The summed E-state index contributed by atoms with van der Waals surface area (Å²) in [5.41, 5.74) is 0.837. The number of benzene rings is 1. The van der Waals surface area contributed by atoms with Crippen molar-refractivity contribution < 1.29 is 14.3 Å². The van der Waals surface area contributed by atoms with Crippen LogP contribution in [0.1, 0.15) is 18.0 Å². The number of rotatable bonds is 5. The summed E-state index contributed by atoms with van der Waals surface area (Å²) in [7, 11) is 0. The van der Waals surface area contributed by atoms with Gasteiger partial charge in [0.05, 0.1) is 12.6 Å². The summed E-state index contributed by atoms with van der Waals surface area (Å²) in [6.07, 6.45) is 2.26. The molecule has 6 nitrogen and oxygen atoms in total. The molecule has 1 aliphatic rings. The van der Waals surface area contributed by atoms with E-state index in [2.05, 4.69) is 15.6 Å². The summed E-state index contributed by atoms with van der Waals surface area (Å²) < 4.78 is 13.8. The molecule has 2 atom stereocenters. The van der Waals surface area contributed by atoms with Crippen LogP contribution in [0.15, 0.2) is 48.7 Å². The smallest absolute Gasteiger partial charge is 0.315 e. The minimum absolute atomic E-state index is 0.100. The highest BCUT2D eigenvalue weighted by molar-refractivity contribution is 5.75. The Kier molecular flexibility index (Phi) is 5.45. The van der Waals surface area contributed by atoms with Gasteiger partial charge in [0.15, 0.2) is 11.6 Å². The first-order valence-electron chi connectivity index (χ1n) is 8.25. The van der Waals surface area contributed by atoms with E-state index in [0.717, 1.165) is 5.56 Å². The lowest BCUT2D eigenvalue weighted by Gasteiger charge is -2.20. The number of hydrogen-bond donors (Lipinski definition) is 3. The number of aliphatic hydroxyl groups excluding tert-OH is 1. The van der Waals surface area contributed by atoms with Gasteiger partial charge in [-0.3, -0.25) is 0 Å². The van der Waals surface area contributed by atoms with Crippen molar-refractivity contribution in [2.24, 2.45) is 0 Å². The van der Waals surface area contributed by atoms with Gasteiger partial charge in [0.2, 0.25) is 0 Å². The number of carbonyl (C=O) groups is 1. The van der Waals surface area contributed by atoms with Gasteiger partial charge in [-0.05, 0) is 24.1 Å². The van der Waals surface area contributed by atoms with Crippen molar-refractivity contribution in [1.29, 1.82) is 0 Å². The summed E-state index contributed by atoms with van der Waals surface area (Å²) in [4.78, 5) is 18.1. The Labute approximate surface area is 145 Å². The third kappa shape index (κ3) is 4.24. The molecular weight excluding hydrogens is 323 g/mol. The van der Waals surface area contributed by atoms with Gasteiger partial charge in [-0.25, -0.2) is 14.2 Å². The molecule has 0 aliphatic carbocycles. The maximum atomic E-state index is 13.8. The molecule has 25 heavy (non-hydrogen) atoms. The Morgan fingerprint density at radius 2 is 2.12 bits per heavy atom. The summed E-state index contributed by atoms with van der Waals surface area (Å²) in [6.45, 7) is 0.935. The van der Waals surface area contributed by atoms with Crippen LogP contribution in [0.3, 0.4) is 0 Å². The van der Waals surface area contributed by atoms with Crippen LogP contribution in [0, 0.1) is 5.82 Å². The van der Waals surface area contributed by atoms with E-state index in [9.17, 15) is 14.3 Å². The Hall–Kier alpha value is -2.67. The molecule has 3 rings (SSSR count). The SMILES string of the molecule is O=C(NC1CCN(c2ncccc2F)C1)N[C@H](CO)c1ccccc1. The molecule has 1 aromatic heterocycles. The number of pyridine rings is 1. The topological polar surface area (TPSA) is 77.5 Å². The maximum absolute atomic E-state index is 13.8. The number of aliphatic hydroxyl groups is 1. The van der Waals surface area contributed by atoms with Gasteiger partial charge in [-0.1, -0.05) is 30.3 Å². The van der Waals surface area contributed by atoms with Crippen LogP contribution in [-0.4, -0.2) is 41.9 Å². The first-order valence-corrected chi connectivity index (χ1v) is 8.25. The zero-order valence-electron chi connectivity index (χ0n) is 13.7. The lowest BCUT2D eigenvalue weighted by atomic mass is 10.1. The Balaban J connectivity index is 1.54. The zero-order chi connectivity index (χ0) is 17.6. The molecule has 1 aromatic carbocycles. The number of carbonyl (C=O) groups excluding carboxylic acids is 1. The molecule has 2 aromatic rings. The van der Waals surface area contributed by atoms with E-state index in [1.807, 2.05) is 35.2 Å². The van der Waals surface area contributed by atoms with E-state index < -0.39 is 6.04 Å². The second kappa shape index (κ2) is 7.94. The van der Waals surface area contributed by atoms with Crippen LogP contribution < -0.4 is 15.5 Å². The maximum Gasteiger partial charge on any atom is 0.315 e. The predicted molar refractivity (Wildman–Crippen MR) is 92.7 cm³/mol. The van der Waals surface area contributed by atoms with E-state index >= 15 is 0 Å². The average molecular weight is 344 g/mol. The van der Waals surface area contributed by atoms with Gasteiger partial charge in [-0.2, -0.15) is 0 Å². The van der Waals surface area contributed by atoms with Gasteiger partial charge in [0, 0.05) is 25.3 Å². The third-order valence-corrected chi connectivity index (χ3v) is 4.25. The molecule has 0 spiro atoms. The molecule has 1 unspecified atom stereocenters. The Morgan fingerprint density at radius 3 is 2.84 bits per heavy atom. The number of nitrogens with zero attached hydrogens (tertiary/aromatic N) is 2. The fraction of sp³-hybridized carbons (Fsp3) is 0.333. The lowest BCUT2D eigenvalue weighted by Crippen LogP contribution is -2.45. The molecule has 3 N–H and O–H groups in total. The summed E-state index contributed by atoms with van der Waals surface area (Å²) in [5.74, 6) is -0.0539. The molecular formula is C18H21FN4O2. The van der Waals surface area contributed by atoms with Crippen molar-refractivity contribution in [2.75, 3.05) is 24.6 Å². The third-order valence-electron chi connectivity index (χ3n) is 4.25. The van der Waals surface area contributed by atoms with Crippen LogP contribution in [0.25, 0.3) is 0 Å². The lowest BCUT2D eigenvalue weighted by molar-refractivity contribution is 0.214. The van der Waals surface area contributed by atoms with E-state index in [4.69, 9.17) is 0 Å². The molecule has 0 bridgehead atoms. The number of nitrogens with one attached hydrogen (secondary N) is 2. The Bertz CT molecular complexity index is 713. The molecule has 2 heterocycles. The van der Waals surface area contributed by atoms with E-state index in [1.165, 1.54) is 6.07 Å². The van der Waals surface area contributed by atoms with Crippen molar-refractivity contribution >= 4 is 11.8 Å². The largest absolute Gasteiger partial charge is 0.394 e. The van der Waals surface area contributed by atoms with Crippen LogP contribution in [0.5, 0.6) is 0 Å². The molecule has 1 aliphatic heterocycles. The first-order chi connectivity index (χ1) is 12.2. The van der Waals surface area contributed by atoms with Crippen LogP contribution in [-0.2, 0) is 0 Å². The standard InChI is InChI=1S/C18H21FN4O2/c19-15-7-4-9-20-17(15)23-10-8-14(11-23)21-18(25)22-16(12-24)13-5-2-1-3-6-13/h1-7,9,14,16,24H,8,10-12H2,(H2,21,22,25)/t14?,16-/m1/s1. The molecule has 0 saturated carbocycles. The van der Waals surface area contributed by atoms with Crippen LogP contribution in [0.2, 0.25) is 0 Å². The van der Waals surface area contributed by atoms with Crippen LogP contribution in [0.4, 0.5) is 15.0 Å². The first kappa shape index (κ1) is 17.2. The van der Waals surface area contributed by atoms with Gasteiger partial charge in [0.1, 0.15) is 0 Å². The molecule has 1 fully saturated rings. The van der Waals surface area contributed by atoms with Gasteiger partial charge < -0.3 is 20.6 Å². The number of urea groups is 1. The molecule has 1 saturated heterocycles. The number of aromatic nitrogens is 1. The number of halogens is 1.